The molecule has 226 valence electrons. The highest BCUT2D eigenvalue weighted by atomic mass is 32.1. The van der Waals surface area contributed by atoms with Crippen LogP contribution in [-0.2, 0) is 16.1 Å². The van der Waals surface area contributed by atoms with Gasteiger partial charge in [-0.25, -0.2) is 18.4 Å². The van der Waals surface area contributed by atoms with E-state index in [-0.39, 0.29) is 32.1 Å². The fourth-order valence-corrected chi connectivity index (χ4v) is 6.69. The lowest BCUT2D eigenvalue weighted by Crippen LogP contribution is -2.47. The average molecular weight is 618 g/mol. The van der Waals surface area contributed by atoms with Crippen molar-refractivity contribution in [1.82, 2.24) is 23.8 Å². The van der Waals surface area contributed by atoms with Gasteiger partial charge in [-0.2, -0.15) is 18.6 Å². The van der Waals surface area contributed by atoms with E-state index in [1.54, 1.807) is 41.9 Å². The Balaban J connectivity index is 0.00000405. The predicted octanol–water partition coefficient (Wildman–Crippen LogP) is 4.33. The topological polar surface area (TPSA) is 101 Å². The summed E-state index contributed by atoms with van der Waals surface area (Å²) in [6, 6.07) is 4.91. The molecule has 1 amide bonds. The maximum absolute atomic E-state index is 14.5. The minimum atomic E-state index is -1.01. The molecule has 0 N–H and O–H groups in total. The second kappa shape index (κ2) is 12.8. The van der Waals surface area contributed by atoms with Crippen molar-refractivity contribution in [3.8, 4) is 10.8 Å². The number of benzene rings is 1. The maximum atomic E-state index is 14.5. The number of rotatable bonds is 9. The highest BCUT2D eigenvalue weighted by Gasteiger charge is 2.31. The van der Waals surface area contributed by atoms with Gasteiger partial charge in [0.05, 0.1) is 25.1 Å². The first-order valence-electron chi connectivity index (χ1n) is 13.7. The van der Waals surface area contributed by atoms with Gasteiger partial charge in [0, 0.05) is 36.6 Å². The van der Waals surface area contributed by atoms with Crippen molar-refractivity contribution in [1.29, 1.82) is 0 Å². The first-order chi connectivity index (χ1) is 19.6. The van der Waals surface area contributed by atoms with Gasteiger partial charge >= 0.3 is 5.69 Å². The Kier molecular flexibility index (Phi) is 9.63. The number of thiophene rings is 1. The molecule has 3 aromatic heterocycles. The maximum Gasteiger partial charge on any atom is 0.332 e. The van der Waals surface area contributed by atoms with Gasteiger partial charge in [0.2, 0.25) is 5.91 Å². The van der Waals surface area contributed by atoms with Crippen LogP contribution in [0, 0.1) is 12.7 Å². The molecule has 1 aromatic carbocycles. The van der Waals surface area contributed by atoms with Gasteiger partial charge in [0.15, 0.2) is 0 Å². The van der Waals surface area contributed by atoms with Crippen molar-refractivity contribution < 1.29 is 18.7 Å². The van der Waals surface area contributed by atoms with E-state index in [1.165, 1.54) is 41.2 Å². The van der Waals surface area contributed by atoms with Gasteiger partial charge in [0.25, 0.3) is 5.56 Å². The molecule has 0 radical (unpaired) electrons. The van der Waals surface area contributed by atoms with Crippen LogP contribution in [0.1, 0.15) is 56.9 Å². The fourth-order valence-electron chi connectivity index (χ4n) is 5.44. The number of aromatic nitrogens is 4. The largest absolute Gasteiger partial charge is 0.496 e. The summed E-state index contributed by atoms with van der Waals surface area (Å²) >= 11 is 1.25. The molecular formula is C29H36FN5O5S2. The summed E-state index contributed by atoms with van der Waals surface area (Å²) in [4.78, 5) is 43.8. The number of likely N-dealkylation sites (tertiary alicyclic amines) is 1. The summed E-state index contributed by atoms with van der Waals surface area (Å²) in [7, 11) is 1.48. The number of hydrogen-bond acceptors (Lipinski definition) is 7. The summed E-state index contributed by atoms with van der Waals surface area (Å²) in [6.45, 7) is 8.24. The van der Waals surface area contributed by atoms with Crippen molar-refractivity contribution in [3.63, 3.8) is 0 Å². The molecule has 42 heavy (non-hydrogen) atoms. The van der Waals surface area contributed by atoms with Crippen molar-refractivity contribution >= 4 is 41.0 Å². The van der Waals surface area contributed by atoms with Crippen LogP contribution < -0.4 is 16.0 Å². The van der Waals surface area contributed by atoms with E-state index in [4.69, 9.17) is 9.47 Å². The number of nitrogens with zero attached hydrogens (tertiary/aromatic N) is 5. The molecule has 2 atom stereocenters. The molecule has 13 heteroatoms. The third kappa shape index (κ3) is 5.77. The zero-order valence-corrected chi connectivity index (χ0v) is 26.1. The standard InChI is InChI=1S/C29H34FN5O5S.H2S/c1-17(2)40-23(21-15-20(30)9-10-22(21)39-5)16-33-28-24(18(3)27(41-28)34-14-8-11-31-34)26(37)35(29(33)38)19(4)25(36)32-12-6-7-13-32;/h8-11,14-15,17,19,23H,6-7,12-13,16H2,1-5H3;1H2/t19-,23-;/m0./s1. The summed E-state index contributed by atoms with van der Waals surface area (Å²) in [5, 5.41) is 5.34. The van der Waals surface area contributed by atoms with Crippen LogP contribution in [0.2, 0.25) is 0 Å². The quantitative estimate of drug-likeness (QED) is 0.277. The molecule has 10 nitrogen and oxygen atoms in total. The number of ether oxygens (including phenoxy) is 2. The zero-order valence-electron chi connectivity index (χ0n) is 24.3. The second-order valence-electron chi connectivity index (χ2n) is 10.5. The van der Waals surface area contributed by atoms with Gasteiger partial charge in [-0.05, 0) is 64.8 Å². The normalized spacial score (nSPS) is 14.8. The van der Waals surface area contributed by atoms with E-state index in [1.807, 2.05) is 13.8 Å². The van der Waals surface area contributed by atoms with Crippen LogP contribution in [0.4, 0.5) is 4.39 Å². The lowest BCUT2D eigenvalue weighted by atomic mass is 10.1. The third-order valence-corrected chi connectivity index (χ3v) is 8.72. The van der Waals surface area contributed by atoms with E-state index in [2.05, 4.69) is 5.10 Å². The Morgan fingerprint density at radius 3 is 2.50 bits per heavy atom. The lowest BCUT2D eigenvalue weighted by molar-refractivity contribution is -0.133. The van der Waals surface area contributed by atoms with Crippen LogP contribution in [0.15, 0.2) is 46.2 Å². The second-order valence-corrected chi connectivity index (χ2v) is 11.5. The Bertz CT molecular complexity index is 1690. The summed E-state index contributed by atoms with van der Waals surface area (Å²) in [5.41, 5.74) is -0.0888. The molecule has 1 aliphatic rings. The smallest absolute Gasteiger partial charge is 0.332 e. The van der Waals surface area contributed by atoms with Gasteiger partial charge in [-0.15, -0.1) is 0 Å². The fraction of sp³-hybridized carbons (Fsp3) is 0.448. The SMILES string of the molecule is COc1ccc(F)cc1[C@H](Cn1c(=O)n([C@@H](C)C(=O)N2CCCC2)c(=O)c2c(C)c(-n3cccn3)sc21)OC(C)C.S. The van der Waals surface area contributed by atoms with E-state index >= 15 is 0 Å². The summed E-state index contributed by atoms with van der Waals surface area (Å²) in [5.74, 6) is -0.334. The number of carbonyl (C=O) groups excluding carboxylic acids is 1. The Morgan fingerprint density at radius 2 is 1.88 bits per heavy atom. The van der Waals surface area contributed by atoms with Gasteiger partial charge in [0.1, 0.15) is 33.5 Å². The zero-order chi connectivity index (χ0) is 29.4. The first kappa shape index (κ1) is 31.5. The molecular weight excluding hydrogens is 581 g/mol. The Morgan fingerprint density at radius 1 is 1.17 bits per heavy atom. The Hall–Kier alpha value is -3.42. The molecule has 1 fully saturated rings. The van der Waals surface area contributed by atoms with E-state index in [0.29, 0.717) is 45.2 Å². The van der Waals surface area contributed by atoms with Crippen molar-refractivity contribution in [2.45, 2.75) is 65.3 Å². The van der Waals surface area contributed by atoms with Crippen LogP contribution in [0.25, 0.3) is 15.2 Å². The molecule has 0 aliphatic carbocycles. The van der Waals surface area contributed by atoms with E-state index in [9.17, 15) is 18.8 Å². The average Bonchev–Trinajstić information content (AvgIpc) is 3.71. The van der Waals surface area contributed by atoms with Gasteiger partial charge in [-0.1, -0.05) is 11.3 Å². The van der Waals surface area contributed by atoms with Gasteiger partial charge in [-0.3, -0.25) is 14.2 Å². The summed E-state index contributed by atoms with van der Waals surface area (Å²) < 4.78 is 30.3. The van der Waals surface area contributed by atoms with Crippen molar-refractivity contribution in [2.24, 2.45) is 0 Å². The predicted molar refractivity (Wildman–Crippen MR) is 165 cm³/mol. The van der Waals surface area contributed by atoms with Crippen LogP contribution in [0.3, 0.4) is 0 Å². The van der Waals surface area contributed by atoms with Crippen LogP contribution in [0.5, 0.6) is 5.75 Å². The van der Waals surface area contributed by atoms with E-state index < -0.39 is 29.2 Å². The monoisotopic (exact) mass is 617 g/mol. The number of halogens is 1. The summed E-state index contributed by atoms with van der Waals surface area (Å²) in [6.07, 6.45) is 4.10. The third-order valence-electron chi connectivity index (χ3n) is 7.42. The number of aryl methyl sites for hydroxylation is 1. The molecule has 1 saturated heterocycles. The molecule has 1 aliphatic heterocycles. The molecule has 4 heterocycles. The Labute approximate surface area is 253 Å². The highest BCUT2D eigenvalue weighted by molar-refractivity contribution is 7.59. The first-order valence-corrected chi connectivity index (χ1v) is 14.5. The molecule has 4 aromatic rings. The number of carbonyl (C=O) groups is 1. The van der Waals surface area contributed by atoms with Crippen molar-refractivity contribution in [2.75, 3.05) is 20.2 Å². The minimum Gasteiger partial charge on any atom is -0.496 e. The highest BCUT2D eigenvalue weighted by Crippen LogP contribution is 2.34. The number of hydrogen-bond donors (Lipinski definition) is 0. The van der Waals surface area contributed by atoms with Crippen molar-refractivity contribution in [3.05, 3.63) is 74.4 Å². The van der Waals surface area contributed by atoms with Crippen LogP contribution >= 0.6 is 24.8 Å². The number of methoxy groups -OCH3 is 1. The molecule has 0 spiro atoms. The molecule has 0 unspecified atom stereocenters. The number of fused-ring (bicyclic) bond motifs is 1. The van der Waals surface area contributed by atoms with Gasteiger partial charge < -0.3 is 14.4 Å². The van der Waals surface area contributed by atoms with Crippen LogP contribution in [-0.4, -0.2) is 56.0 Å². The number of amides is 1. The minimum absolute atomic E-state index is 0. The van der Waals surface area contributed by atoms with E-state index in [0.717, 1.165) is 17.4 Å². The molecule has 5 rings (SSSR count). The molecule has 0 saturated carbocycles. The molecule has 0 bridgehead atoms. The lowest BCUT2D eigenvalue weighted by Gasteiger charge is -2.25.